The van der Waals surface area contributed by atoms with Crippen LogP contribution in [0.3, 0.4) is 0 Å². The van der Waals surface area contributed by atoms with Crippen LogP contribution < -0.4 is 10.1 Å². The zero-order chi connectivity index (χ0) is 14.4. The molecule has 0 fully saturated rings. The summed E-state index contributed by atoms with van der Waals surface area (Å²) in [6.07, 6.45) is 1.13. The summed E-state index contributed by atoms with van der Waals surface area (Å²) in [5, 5.41) is 3.41. The highest BCUT2D eigenvalue weighted by molar-refractivity contribution is 9.11. The monoisotopic (exact) mass is 391 g/mol. The molecular formula is C15H23Br2NO. The third-order valence-corrected chi connectivity index (χ3v) is 4.16. The zero-order valence-corrected chi connectivity index (χ0v) is 15.3. The molecule has 2 nitrogen and oxygen atoms in total. The number of benzene rings is 1. The summed E-state index contributed by atoms with van der Waals surface area (Å²) in [7, 11) is 0. The lowest BCUT2D eigenvalue weighted by Gasteiger charge is -2.15. The van der Waals surface area contributed by atoms with Gasteiger partial charge in [-0.15, -0.1) is 0 Å². The molecule has 19 heavy (non-hydrogen) atoms. The number of rotatable bonds is 7. The van der Waals surface area contributed by atoms with Gasteiger partial charge in [-0.1, -0.05) is 34.1 Å². The summed E-state index contributed by atoms with van der Waals surface area (Å²) in [5.74, 6) is 1.47. The molecule has 0 amide bonds. The van der Waals surface area contributed by atoms with Crippen molar-refractivity contribution >= 4 is 31.9 Å². The Morgan fingerprint density at radius 1 is 1.16 bits per heavy atom. The van der Waals surface area contributed by atoms with Crippen LogP contribution in [0.4, 0.5) is 0 Å². The number of nitrogens with one attached hydrogen (secondary N) is 1. The van der Waals surface area contributed by atoms with Crippen molar-refractivity contribution in [1.29, 1.82) is 0 Å². The minimum absolute atomic E-state index is 0.485. The highest BCUT2D eigenvalue weighted by Gasteiger charge is 2.10. The van der Waals surface area contributed by atoms with E-state index in [9.17, 15) is 0 Å². The predicted molar refractivity (Wildman–Crippen MR) is 88.8 cm³/mol. The largest absolute Gasteiger partial charge is 0.491 e. The average molecular weight is 393 g/mol. The molecule has 1 N–H and O–H groups in total. The van der Waals surface area contributed by atoms with Crippen molar-refractivity contribution in [3.8, 4) is 5.75 Å². The van der Waals surface area contributed by atoms with Crippen LogP contribution in [-0.2, 0) is 6.54 Å². The fourth-order valence-corrected chi connectivity index (χ4v) is 3.03. The van der Waals surface area contributed by atoms with E-state index < -0.39 is 0 Å². The van der Waals surface area contributed by atoms with Gasteiger partial charge in [-0.3, -0.25) is 0 Å². The van der Waals surface area contributed by atoms with Gasteiger partial charge >= 0.3 is 0 Å². The molecule has 0 heterocycles. The maximum absolute atomic E-state index is 5.89. The highest BCUT2D eigenvalue weighted by atomic mass is 79.9. The van der Waals surface area contributed by atoms with Crippen LogP contribution in [-0.4, -0.2) is 12.6 Å². The average Bonchev–Trinajstić information content (AvgIpc) is 2.34. The zero-order valence-electron chi connectivity index (χ0n) is 12.1. The Morgan fingerprint density at radius 3 is 2.21 bits per heavy atom. The van der Waals surface area contributed by atoms with E-state index in [-0.39, 0.29) is 0 Å². The SMILES string of the molecule is CCC(C)COc1c(Br)cc(CNC(C)C)cc1Br. The van der Waals surface area contributed by atoms with Crippen molar-refractivity contribution in [2.75, 3.05) is 6.61 Å². The second-order valence-electron chi connectivity index (χ2n) is 5.25. The quantitative estimate of drug-likeness (QED) is 0.693. The molecule has 0 aromatic heterocycles. The van der Waals surface area contributed by atoms with E-state index in [0.29, 0.717) is 12.0 Å². The van der Waals surface area contributed by atoms with E-state index in [2.05, 4.69) is 77.0 Å². The number of ether oxygens (including phenoxy) is 1. The van der Waals surface area contributed by atoms with Crippen LogP contribution in [0.25, 0.3) is 0 Å². The van der Waals surface area contributed by atoms with Crippen molar-refractivity contribution in [1.82, 2.24) is 5.32 Å². The van der Waals surface area contributed by atoms with Crippen LogP contribution in [0.2, 0.25) is 0 Å². The third-order valence-electron chi connectivity index (χ3n) is 2.98. The van der Waals surface area contributed by atoms with Crippen LogP contribution in [0, 0.1) is 5.92 Å². The summed E-state index contributed by atoms with van der Waals surface area (Å²) in [6, 6.07) is 4.72. The molecule has 1 aromatic carbocycles. The van der Waals surface area contributed by atoms with Gasteiger partial charge in [0.25, 0.3) is 0 Å². The molecule has 108 valence electrons. The van der Waals surface area contributed by atoms with Crippen molar-refractivity contribution in [3.05, 3.63) is 26.6 Å². The third kappa shape index (κ3) is 5.84. The first-order chi connectivity index (χ1) is 8.93. The van der Waals surface area contributed by atoms with E-state index in [0.717, 1.165) is 34.3 Å². The lowest BCUT2D eigenvalue weighted by Crippen LogP contribution is -2.21. The molecule has 1 unspecified atom stereocenters. The number of hydrogen-bond acceptors (Lipinski definition) is 2. The van der Waals surface area contributed by atoms with Crippen LogP contribution >= 0.6 is 31.9 Å². The summed E-state index contributed by atoms with van der Waals surface area (Å²) < 4.78 is 7.90. The van der Waals surface area contributed by atoms with Gasteiger partial charge in [0.1, 0.15) is 5.75 Å². The van der Waals surface area contributed by atoms with Crippen molar-refractivity contribution in [2.45, 2.75) is 46.7 Å². The minimum atomic E-state index is 0.485. The second kappa shape index (κ2) is 8.28. The van der Waals surface area contributed by atoms with Gasteiger partial charge in [0, 0.05) is 12.6 Å². The van der Waals surface area contributed by atoms with Crippen LogP contribution in [0.5, 0.6) is 5.75 Å². The first-order valence-corrected chi connectivity index (χ1v) is 8.36. The molecule has 0 aliphatic heterocycles. The molecule has 0 saturated carbocycles. The van der Waals surface area contributed by atoms with E-state index in [1.807, 2.05) is 0 Å². The predicted octanol–water partition coefficient (Wildman–Crippen LogP) is 5.13. The summed E-state index contributed by atoms with van der Waals surface area (Å²) in [4.78, 5) is 0. The van der Waals surface area contributed by atoms with Gasteiger partial charge < -0.3 is 10.1 Å². The van der Waals surface area contributed by atoms with Gasteiger partial charge in [-0.25, -0.2) is 0 Å². The Labute approximate surface area is 133 Å². The smallest absolute Gasteiger partial charge is 0.147 e. The first kappa shape index (κ1) is 17.0. The summed E-state index contributed by atoms with van der Waals surface area (Å²) in [5.41, 5.74) is 1.24. The molecular weight excluding hydrogens is 370 g/mol. The molecule has 0 aliphatic carbocycles. The molecule has 0 aliphatic rings. The van der Waals surface area contributed by atoms with Crippen LogP contribution in [0.1, 0.15) is 39.7 Å². The van der Waals surface area contributed by atoms with E-state index >= 15 is 0 Å². The Balaban J connectivity index is 2.73. The minimum Gasteiger partial charge on any atom is -0.491 e. The lowest BCUT2D eigenvalue weighted by molar-refractivity contribution is 0.253. The van der Waals surface area contributed by atoms with Gasteiger partial charge in [0.15, 0.2) is 0 Å². The molecule has 1 aromatic rings. The Morgan fingerprint density at radius 2 is 1.74 bits per heavy atom. The van der Waals surface area contributed by atoms with E-state index in [1.54, 1.807) is 0 Å². The molecule has 0 bridgehead atoms. The van der Waals surface area contributed by atoms with Crippen molar-refractivity contribution in [2.24, 2.45) is 5.92 Å². The highest BCUT2D eigenvalue weighted by Crippen LogP contribution is 2.35. The Bertz CT molecular complexity index is 384. The van der Waals surface area contributed by atoms with Gasteiger partial charge in [0.05, 0.1) is 15.6 Å². The summed E-state index contributed by atoms with van der Waals surface area (Å²) >= 11 is 7.19. The van der Waals surface area contributed by atoms with Crippen molar-refractivity contribution in [3.63, 3.8) is 0 Å². The maximum Gasteiger partial charge on any atom is 0.147 e. The Hall–Kier alpha value is -0.0600. The molecule has 4 heteroatoms. The topological polar surface area (TPSA) is 21.3 Å². The molecule has 0 saturated heterocycles. The number of hydrogen-bond donors (Lipinski definition) is 1. The fraction of sp³-hybridized carbons (Fsp3) is 0.600. The molecule has 0 spiro atoms. The standard InChI is InChI=1S/C15H23Br2NO/c1-5-11(4)9-19-15-13(16)6-12(7-14(15)17)8-18-10(2)3/h6-7,10-11,18H,5,8-9H2,1-4H3. The number of halogens is 2. The van der Waals surface area contributed by atoms with Crippen LogP contribution in [0.15, 0.2) is 21.1 Å². The van der Waals surface area contributed by atoms with E-state index in [1.165, 1.54) is 5.56 Å². The van der Waals surface area contributed by atoms with Gasteiger partial charge in [0.2, 0.25) is 0 Å². The molecule has 1 rings (SSSR count). The van der Waals surface area contributed by atoms with Gasteiger partial charge in [-0.05, 0) is 55.5 Å². The lowest BCUT2D eigenvalue weighted by atomic mass is 10.1. The van der Waals surface area contributed by atoms with Crippen molar-refractivity contribution < 1.29 is 4.74 Å². The maximum atomic E-state index is 5.89. The molecule has 0 radical (unpaired) electrons. The fourth-order valence-electron chi connectivity index (χ4n) is 1.52. The Kier molecular flexibility index (Phi) is 7.40. The summed E-state index contributed by atoms with van der Waals surface area (Å²) in [6.45, 7) is 10.3. The molecule has 1 atom stereocenters. The second-order valence-corrected chi connectivity index (χ2v) is 6.96. The normalized spacial score (nSPS) is 12.8. The van der Waals surface area contributed by atoms with Gasteiger partial charge in [-0.2, -0.15) is 0 Å². The first-order valence-electron chi connectivity index (χ1n) is 6.78. The van der Waals surface area contributed by atoms with E-state index in [4.69, 9.17) is 4.74 Å².